The highest BCUT2D eigenvalue weighted by Crippen LogP contribution is 2.10. The molecular formula is C12H20N2. The first-order valence-electron chi connectivity index (χ1n) is 5.50. The number of hydrogen-bond donors (Lipinski definition) is 1. The third-order valence-electron chi connectivity index (χ3n) is 2.35. The first-order chi connectivity index (χ1) is 6.84. The Balaban J connectivity index is 2.21. The number of unbranched alkanes of at least 4 members (excludes halogenated alkanes) is 3. The number of pyridine rings is 1. The lowest BCUT2D eigenvalue weighted by Crippen LogP contribution is -2.03. The van der Waals surface area contributed by atoms with Gasteiger partial charge in [0, 0.05) is 12.7 Å². The Labute approximate surface area is 86.8 Å². The summed E-state index contributed by atoms with van der Waals surface area (Å²) in [6.45, 7) is 5.33. The van der Waals surface area contributed by atoms with E-state index in [0.29, 0.717) is 0 Å². The molecule has 0 aliphatic carbocycles. The van der Waals surface area contributed by atoms with Crippen molar-refractivity contribution in [2.75, 3.05) is 11.9 Å². The average Bonchev–Trinajstić information content (AvgIpc) is 2.20. The molecule has 0 radical (unpaired) electrons. The Hall–Kier alpha value is -1.05. The number of aryl methyl sites for hydroxylation is 1. The van der Waals surface area contributed by atoms with E-state index in [-0.39, 0.29) is 0 Å². The summed E-state index contributed by atoms with van der Waals surface area (Å²) in [6.07, 6.45) is 7.04. The van der Waals surface area contributed by atoms with Gasteiger partial charge in [-0.25, -0.2) is 0 Å². The molecule has 0 atom stereocenters. The van der Waals surface area contributed by atoms with Gasteiger partial charge in [-0.2, -0.15) is 0 Å². The van der Waals surface area contributed by atoms with Crippen molar-refractivity contribution >= 4 is 5.69 Å². The first kappa shape index (κ1) is 11.0. The summed E-state index contributed by atoms with van der Waals surface area (Å²) in [5.74, 6) is 0. The largest absolute Gasteiger partial charge is 0.384 e. The van der Waals surface area contributed by atoms with Crippen molar-refractivity contribution < 1.29 is 0 Å². The maximum Gasteiger partial charge on any atom is 0.0603 e. The van der Waals surface area contributed by atoms with E-state index in [1.54, 1.807) is 0 Å². The monoisotopic (exact) mass is 192 g/mol. The van der Waals surface area contributed by atoms with Gasteiger partial charge in [0.15, 0.2) is 0 Å². The predicted octanol–water partition coefficient (Wildman–Crippen LogP) is 3.38. The van der Waals surface area contributed by atoms with Gasteiger partial charge in [-0.15, -0.1) is 0 Å². The van der Waals surface area contributed by atoms with Crippen LogP contribution < -0.4 is 5.32 Å². The Morgan fingerprint density at radius 3 is 2.86 bits per heavy atom. The Bertz CT molecular complexity index is 258. The fraction of sp³-hybridized carbons (Fsp3) is 0.583. The second-order valence-electron chi connectivity index (χ2n) is 3.62. The summed E-state index contributed by atoms with van der Waals surface area (Å²) >= 11 is 0. The van der Waals surface area contributed by atoms with E-state index in [1.165, 1.54) is 31.4 Å². The molecule has 0 aromatic carbocycles. The van der Waals surface area contributed by atoms with E-state index in [1.807, 2.05) is 19.2 Å². The number of aromatic nitrogens is 1. The van der Waals surface area contributed by atoms with Crippen molar-refractivity contribution in [1.82, 2.24) is 4.98 Å². The third-order valence-corrected chi connectivity index (χ3v) is 2.35. The van der Waals surface area contributed by atoms with Gasteiger partial charge >= 0.3 is 0 Å². The summed E-state index contributed by atoms with van der Waals surface area (Å²) in [4.78, 5) is 4.23. The van der Waals surface area contributed by atoms with Crippen molar-refractivity contribution in [3.63, 3.8) is 0 Å². The minimum Gasteiger partial charge on any atom is -0.384 e. The van der Waals surface area contributed by atoms with Crippen LogP contribution in [0.4, 0.5) is 5.69 Å². The quantitative estimate of drug-likeness (QED) is 0.699. The Kier molecular flexibility index (Phi) is 5.05. The fourth-order valence-corrected chi connectivity index (χ4v) is 1.45. The summed E-state index contributed by atoms with van der Waals surface area (Å²) in [7, 11) is 0. The van der Waals surface area contributed by atoms with E-state index in [9.17, 15) is 0 Å². The van der Waals surface area contributed by atoms with E-state index >= 15 is 0 Å². The minimum absolute atomic E-state index is 1.06. The summed E-state index contributed by atoms with van der Waals surface area (Å²) in [5, 5.41) is 3.41. The number of rotatable bonds is 6. The summed E-state index contributed by atoms with van der Waals surface area (Å²) < 4.78 is 0. The molecule has 2 heteroatoms. The van der Waals surface area contributed by atoms with Gasteiger partial charge in [-0.1, -0.05) is 26.2 Å². The van der Waals surface area contributed by atoms with Crippen LogP contribution in [-0.2, 0) is 0 Å². The zero-order valence-corrected chi connectivity index (χ0v) is 9.21. The Morgan fingerprint density at radius 1 is 1.29 bits per heavy atom. The van der Waals surface area contributed by atoms with Crippen LogP contribution in [0, 0.1) is 6.92 Å². The molecule has 0 unspecified atom stereocenters. The molecule has 0 aliphatic rings. The van der Waals surface area contributed by atoms with Gasteiger partial charge in [-0.3, -0.25) is 4.98 Å². The van der Waals surface area contributed by atoms with Gasteiger partial charge < -0.3 is 5.32 Å². The lowest BCUT2D eigenvalue weighted by molar-refractivity contribution is 0.685. The number of anilines is 1. The molecular weight excluding hydrogens is 172 g/mol. The zero-order chi connectivity index (χ0) is 10.2. The number of hydrogen-bond acceptors (Lipinski definition) is 2. The maximum absolute atomic E-state index is 4.23. The second kappa shape index (κ2) is 6.41. The van der Waals surface area contributed by atoms with Crippen LogP contribution in [-0.4, -0.2) is 11.5 Å². The molecule has 1 rings (SSSR count). The fourth-order valence-electron chi connectivity index (χ4n) is 1.45. The van der Waals surface area contributed by atoms with Gasteiger partial charge in [0.05, 0.1) is 11.4 Å². The standard InChI is InChI=1S/C12H20N2/c1-3-4-5-6-9-14-12-8-7-10-13-11(12)2/h7-8,10,14H,3-6,9H2,1-2H3. The van der Waals surface area contributed by atoms with Crippen LogP contribution in [0.25, 0.3) is 0 Å². The molecule has 2 nitrogen and oxygen atoms in total. The molecule has 0 saturated heterocycles. The van der Waals surface area contributed by atoms with Crippen LogP contribution in [0.5, 0.6) is 0 Å². The molecule has 1 aromatic heterocycles. The predicted molar refractivity (Wildman–Crippen MR) is 61.6 cm³/mol. The molecule has 0 bridgehead atoms. The third kappa shape index (κ3) is 3.77. The molecule has 1 heterocycles. The van der Waals surface area contributed by atoms with E-state index < -0.39 is 0 Å². The van der Waals surface area contributed by atoms with E-state index in [4.69, 9.17) is 0 Å². The maximum atomic E-state index is 4.23. The lowest BCUT2D eigenvalue weighted by atomic mass is 10.2. The second-order valence-corrected chi connectivity index (χ2v) is 3.62. The highest BCUT2D eigenvalue weighted by atomic mass is 14.9. The molecule has 78 valence electrons. The summed E-state index contributed by atoms with van der Waals surface area (Å²) in [5.41, 5.74) is 2.26. The first-order valence-corrected chi connectivity index (χ1v) is 5.50. The number of nitrogens with one attached hydrogen (secondary N) is 1. The van der Waals surface area contributed by atoms with Crippen LogP contribution in [0.15, 0.2) is 18.3 Å². The van der Waals surface area contributed by atoms with Crippen molar-refractivity contribution in [2.45, 2.75) is 39.5 Å². The van der Waals surface area contributed by atoms with Crippen molar-refractivity contribution in [2.24, 2.45) is 0 Å². The SMILES string of the molecule is CCCCCCNc1cccnc1C. The molecule has 0 amide bonds. The topological polar surface area (TPSA) is 24.9 Å². The zero-order valence-electron chi connectivity index (χ0n) is 9.21. The van der Waals surface area contributed by atoms with Crippen LogP contribution in [0.1, 0.15) is 38.3 Å². The smallest absolute Gasteiger partial charge is 0.0603 e. The van der Waals surface area contributed by atoms with E-state index in [0.717, 1.165) is 12.2 Å². The van der Waals surface area contributed by atoms with Crippen molar-refractivity contribution in [1.29, 1.82) is 0 Å². The lowest BCUT2D eigenvalue weighted by Gasteiger charge is -2.07. The molecule has 1 N–H and O–H groups in total. The van der Waals surface area contributed by atoms with Crippen LogP contribution in [0.2, 0.25) is 0 Å². The highest BCUT2D eigenvalue weighted by molar-refractivity contribution is 5.46. The minimum atomic E-state index is 1.06. The molecule has 0 fully saturated rings. The average molecular weight is 192 g/mol. The summed E-state index contributed by atoms with van der Waals surface area (Å²) in [6, 6.07) is 4.06. The van der Waals surface area contributed by atoms with Crippen molar-refractivity contribution in [3.8, 4) is 0 Å². The number of nitrogens with zero attached hydrogens (tertiary/aromatic N) is 1. The van der Waals surface area contributed by atoms with Crippen molar-refractivity contribution in [3.05, 3.63) is 24.0 Å². The Morgan fingerprint density at radius 2 is 2.14 bits per heavy atom. The van der Waals surface area contributed by atoms with Gasteiger partial charge in [0.1, 0.15) is 0 Å². The molecule has 0 aliphatic heterocycles. The van der Waals surface area contributed by atoms with Gasteiger partial charge in [-0.05, 0) is 25.5 Å². The van der Waals surface area contributed by atoms with Crippen LogP contribution >= 0.6 is 0 Å². The van der Waals surface area contributed by atoms with Crippen LogP contribution in [0.3, 0.4) is 0 Å². The van der Waals surface area contributed by atoms with Gasteiger partial charge in [0.25, 0.3) is 0 Å². The van der Waals surface area contributed by atoms with E-state index in [2.05, 4.69) is 23.3 Å². The highest BCUT2D eigenvalue weighted by Gasteiger charge is 1.95. The molecule has 14 heavy (non-hydrogen) atoms. The molecule has 1 aromatic rings. The normalized spacial score (nSPS) is 10.1. The molecule has 0 spiro atoms. The molecule has 0 saturated carbocycles. The van der Waals surface area contributed by atoms with Gasteiger partial charge in [0.2, 0.25) is 0 Å².